The van der Waals surface area contributed by atoms with E-state index in [-0.39, 0.29) is 18.0 Å². The average molecular weight is 288 g/mol. The van der Waals surface area contributed by atoms with E-state index in [0.29, 0.717) is 6.54 Å². The van der Waals surface area contributed by atoms with Crippen molar-refractivity contribution in [3.63, 3.8) is 0 Å². The third-order valence-corrected chi connectivity index (χ3v) is 3.76. The minimum Gasteiger partial charge on any atom is -0.478 e. The lowest BCUT2D eigenvalue weighted by Crippen LogP contribution is -2.28. The van der Waals surface area contributed by atoms with Crippen LogP contribution in [-0.2, 0) is 11.3 Å². The molecule has 2 aromatic rings. The smallest absolute Gasteiger partial charge is 0.335 e. The highest BCUT2D eigenvalue weighted by molar-refractivity contribution is 5.95. The first-order chi connectivity index (χ1) is 9.95. The molecular formula is C16H20N2O3. The molecule has 0 bridgehead atoms. The van der Waals surface area contributed by atoms with Gasteiger partial charge in [-0.1, -0.05) is 6.92 Å². The van der Waals surface area contributed by atoms with Crippen LogP contribution in [0.5, 0.6) is 0 Å². The summed E-state index contributed by atoms with van der Waals surface area (Å²) in [6.07, 6.45) is 0.901. The number of rotatable bonds is 5. The van der Waals surface area contributed by atoms with Crippen molar-refractivity contribution in [2.75, 3.05) is 6.54 Å². The number of hydrogen-bond acceptors (Lipinski definition) is 2. The second kappa shape index (κ2) is 5.99. The van der Waals surface area contributed by atoms with Crippen LogP contribution >= 0.6 is 0 Å². The molecule has 5 heteroatoms. The molecule has 0 fully saturated rings. The maximum Gasteiger partial charge on any atom is 0.335 e. The van der Waals surface area contributed by atoms with Gasteiger partial charge in [0.05, 0.1) is 5.56 Å². The molecule has 112 valence electrons. The Morgan fingerprint density at radius 1 is 1.29 bits per heavy atom. The van der Waals surface area contributed by atoms with Gasteiger partial charge in [-0.15, -0.1) is 0 Å². The van der Waals surface area contributed by atoms with Crippen LogP contribution in [0.25, 0.3) is 10.9 Å². The number of nitrogens with zero attached hydrogens (tertiary/aromatic N) is 1. The zero-order valence-electron chi connectivity index (χ0n) is 12.6. The number of aryl methyl sites for hydroxylation is 1. The summed E-state index contributed by atoms with van der Waals surface area (Å²) in [6, 6.07) is 5.01. The summed E-state index contributed by atoms with van der Waals surface area (Å²) in [5.74, 6) is -0.971. The first kappa shape index (κ1) is 15.1. The van der Waals surface area contributed by atoms with Crippen LogP contribution in [0.2, 0.25) is 0 Å². The summed E-state index contributed by atoms with van der Waals surface area (Å²) >= 11 is 0. The van der Waals surface area contributed by atoms with Gasteiger partial charge in [0.1, 0.15) is 6.54 Å². The minimum atomic E-state index is -0.942. The van der Waals surface area contributed by atoms with Crippen molar-refractivity contribution in [2.24, 2.45) is 0 Å². The molecule has 0 aliphatic rings. The molecule has 1 heterocycles. The molecule has 0 saturated carbocycles. The molecule has 2 N–H and O–H groups in total. The highest BCUT2D eigenvalue weighted by Crippen LogP contribution is 2.26. The van der Waals surface area contributed by atoms with Crippen molar-refractivity contribution in [1.29, 1.82) is 0 Å². The van der Waals surface area contributed by atoms with Crippen molar-refractivity contribution in [3.05, 3.63) is 35.0 Å². The fraction of sp³-hybridized carbons (Fsp3) is 0.375. The van der Waals surface area contributed by atoms with Gasteiger partial charge in [-0.05, 0) is 44.0 Å². The van der Waals surface area contributed by atoms with Gasteiger partial charge in [-0.25, -0.2) is 4.79 Å². The summed E-state index contributed by atoms with van der Waals surface area (Å²) in [7, 11) is 0. The highest BCUT2D eigenvalue weighted by atomic mass is 16.4. The summed E-state index contributed by atoms with van der Waals surface area (Å²) in [5, 5.41) is 12.8. The normalized spacial score (nSPS) is 10.8. The van der Waals surface area contributed by atoms with Crippen molar-refractivity contribution in [1.82, 2.24) is 9.88 Å². The van der Waals surface area contributed by atoms with Crippen molar-refractivity contribution >= 4 is 22.8 Å². The molecule has 1 amide bonds. The third kappa shape index (κ3) is 2.91. The number of benzene rings is 1. The molecular weight excluding hydrogens is 268 g/mol. The number of carboxylic acids is 1. The van der Waals surface area contributed by atoms with Gasteiger partial charge in [-0.2, -0.15) is 0 Å². The van der Waals surface area contributed by atoms with Crippen molar-refractivity contribution < 1.29 is 14.7 Å². The minimum absolute atomic E-state index is 0.0286. The number of hydrogen-bond donors (Lipinski definition) is 2. The van der Waals surface area contributed by atoms with E-state index < -0.39 is 5.97 Å². The van der Waals surface area contributed by atoms with Gasteiger partial charge in [-0.3, -0.25) is 4.79 Å². The largest absolute Gasteiger partial charge is 0.478 e. The number of nitrogens with one attached hydrogen (secondary N) is 1. The maximum atomic E-state index is 11.9. The highest BCUT2D eigenvalue weighted by Gasteiger charge is 2.15. The van der Waals surface area contributed by atoms with Gasteiger partial charge >= 0.3 is 5.97 Å². The van der Waals surface area contributed by atoms with Crippen LogP contribution in [0.1, 0.15) is 35.0 Å². The Balaban J connectivity index is 2.42. The Kier molecular flexibility index (Phi) is 4.31. The number of amides is 1. The van der Waals surface area contributed by atoms with Crippen molar-refractivity contribution in [3.8, 4) is 0 Å². The van der Waals surface area contributed by atoms with E-state index in [1.807, 2.05) is 25.3 Å². The lowest BCUT2D eigenvalue weighted by atomic mass is 10.1. The number of carbonyl (C=O) groups is 2. The first-order valence-electron chi connectivity index (χ1n) is 7.05. The van der Waals surface area contributed by atoms with Crippen LogP contribution in [0, 0.1) is 13.8 Å². The molecule has 2 rings (SSSR count). The molecule has 0 spiro atoms. The topological polar surface area (TPSA) is 71.3 Å². The molecule has 1 aromatic carbocycles. The first-order valence-corrected chi connectivity index (χ1v) is 7.05. The summed E-state index contributed by atoms with van der Waals surface area (Å²) in [6.45, 7) is 6.82. The van der Waals surface area contributed by atoms with Crippen LogP contribution < -0.4 is 5.32 Å². The fourth-order valence-electron chi connectivity index (χ4n) is 2.45. The molecule has 0 aliphatic carbocycles. The SMILES string of the molecule is CCCNC(=O)Cn1c(C)c(C)c2cc(C(=O)O)ccc21. The average Bonchev–Trinajstić information content (AvgIpc) is 2.70. The molecule has 1 aromatic heterocycles. The molecule has 0 atom stereocenters. The van der Waals surface area contributed by atoms with Crippen LogP contribution in [0.4, 0.5) is 0 Å². The van der Waals surface area contributed by atoms with E-state index in [1.165, 1.54) is 0 Å². The Morgan fingerprint density at radius 2 is 2.00 bits per heavy atom. The number of aromatic nitrogens is 1. The number of carboxylic acid groups (broad SMARTS) is 1. The fourth-order valence-corrected chi connectivity index (χ4v) is 2.45. The van der Waals surface area contributed by atoms with E-state index in [0.717, 1.165) is 28.6 Å². The lowest BCUT2D eigenvalue weighted by molar-refractivity contribution is -0.121. The zero-order chi connectivity index (χ0) is 15.6. The van der Waals surface area contributed by atoms with Crippen molar-refractivity contribution in [2.45, 2.75) is 33.7 Å². The lowest BCUT2D eigenvalue weighted by Gasteiger charge is -2.09. The molecule has 0 radical (unpaired) electrons. The Labute approximate surface area is 123 Å². The van der Waals surface area contributed by atoms with Crippen LogP contribution in [0.3, 0.4) is 0 Å². The Hall–Kier alpha value is -2.30. The van der Waals surface area contributed by atoms with E-state index in [2.05, 4.69) is 5.32 Å². The number of carbonyl (C=O) groups excluding carboxylic acids is 1. The maximum absolute atomic E-state index is 11.9. The van der Waals surface area contributed by atoms with E-state index >= 15 is 0 Å². The molecule has 0 saturated heterocycles. The second-order valence-electron chi connectivity index (χ2n) is 5.18. The van der Waals surface area contributed by atoms with Gasteiger partial charge in [0, 0.05) is 23.1 Å². The Morgan fingerprint density at radius 3 is 2.62 bits per heavy atom. The number of aromatic carboxylic acids is 1. The molecule has 5 nitrogen and oxygen atoms in total. The van der Waals surface area contributed by atoms with Gasteiger partial charge < -0.3 is 15.0 Å². The van der Waals surface area contributed by atoms with Gasteiger partial charge in [0.25, 0.3) is 0 Å². The summed E-state index contributed by atoms with van der Waals surface area (Å²) in [5.41, 5.74) is 3.15. The molecule has 0 aliphatic heterocycles. The monoisotopic (exact) mass is 288 g/mol. The Bertz CT molecular complexity index is 701. The predicted molar refractivity (Wildman–Crippen MR) is 81.7 cm³/mol. The van der Waals surface area contributed by atoms with Gasteiger partial charge in [0.2, 0.25) is 5.91 Å². The summed E-state index contributed by atoms with van der Waals surface area (Å²) in [4.78, 5) is 23.0. The van der Waals surface area contributed by atoms with Crippen LogP contribution in [0.15, 0.2) is 18.2 Å². The van der Waals surface area contributed by atoms with Gasteiger partial charge in [0.15, 0.2) is 0 Å². The van der Waals surface area contributed by atoms with E-state index in [9.17, 15) is 9.59 Å². The third-order valence-electron chi connectivity index (χ3n) is 3.76. The second-order valence-corrected chi connectivity index (χ2v) is 5.18. The number of fused-ring (bicyclic) bond motifs is 1. The zero-order valence-corrected chi connectivity index (χ0v) is 12.6. The predicted octanol–water partition coefficient (Wildman–Crippen LogP) is 2.48. The quantitative estimate of drug-likeness (QED) is 0.888. The molecule has 0 unspecified atom stereocenters. The molecule has 21 heavy (non-hydrogen) atoms. The van der Waals surface area contributed by atoms with E-state index in [1.54, 1.807) is 18.2 Å². The standard InChI is InChI=1S/C16H20N2O3/c1-4-7-17-15(19)9-18-11(3)10(2)13-8-12(16(20)21)5-6-14(13)18/h5-6,8H,4,7,9H2,1-3H3,(H,17,19)(H,20,21). The van der Waals surface area contributed by atoms with Crippen LogP contribution in [-0.4, -0.2) is 28.1 Å². The van der Waals surface area contributed by atoms with E-state index in [4.69, 9.17) is 5.11 Å². The summed E-state index contributed by atoms with van der Waals surface area (Å²) < 4.78 is 1.93.